The minimum atomic E-state index is 0.695. The second kappa shape index (κ2) is 9.25. The van der Waals surface area contributed by atoms with Gasteiger partial charge in [-0.1, -0.05) is 60.1 Å². The lowest BCUT2D eigenvalue weighted by molar-refractivity contribution is 1.13. The number of fused-ring (bicyclic) bond motifs is 3. The Kier molecular flexibility index (Phi) is 5.46. The first-order chi connectivity index (χ1) is 18.7. The van der Waals surface area contributed by atoms with Crippen LogP contribution in [0.15, 0.2) is 128 Å². The van der Waals surface area contributed by atoms with E-state index in [0.717, 1.165) is 56.0 Å². The van der Waals surface area contributed by atoms with Gasteiger partial charge in [-0.2, -0.15) is 0 Å². The molecule has 0 spiro atoms. The van der Waals surface area contributed by atoms with Gasteiger partial charge in [-0.3, -0.25) is 9.55 Å². The van der Waals surface area contributed by atoms with Crippen molar-refractivity contribution in [3.05, 3.63) is 133 Å². The zero-order valence-electron chi connectivity index (χ0n) is 20.3. The van der Waals surface area contributed by atoms with Crippen LogP contribution in [0.5, 0.6) is 0 Å². The number of halogens is 1. The van der Waals surface area contributed by atoms with Crippen molar-refractivity contribution in [2.24, 2.45) is 0 Å². The molecule has 7 aromatic rings. The third kappa shape index (κ3) is 3.92. The predicted octanol–water partition coefficient (Wildman–Crippen LogP) is 8.62. The fourth-order valence-electron chi connectivity index (χ4n) is 5.02. The minimum absolute atomic E-state index is 0.695. The van der Waals surface area contributed by atoms with E-state index in [-0.39, 0.29) is 0 Å². The van der Waals surface area contributed by atoms with Gasteiger partial charge in [0, 0.05) is 39.4 Å². The SMILES string of the molecule is Clc1cccc(-c2cc(-c3cccc(-n4c5ccccc5c5cccnc54)c3)nc(-c3ccccn3)c2)c1. The van der Waals surface area contributed by atoms with E-state index in [0.29, 0.717) is 5.02 Å². The van der Waals surface area contributed by atoms with E-state index < -0.39 is 0 Å². The number of pyridine rings is 3. The summed E-state index contributed by atoms with van der Waals surface area (Å²) in [4.78, 5) is 14.3. The Balaban J connectivity index is 1.44. The molecule has 0 amide bonds. The number of nitrogens with zero attached hydrogens (tertiary/aromatic N) is 4. The average Bonchev–Trinajstić information content (AvgIpc) is 3.32. The van der Waals surface area contributed by atoms with E-state index >= 15 is 0 Å². The summed E-state index contributed by atoms with van der Waals surface area (Å²) in [6.07, 6.45) is 3.63. The summed E-state index contributed by atoms with van der Waals surface area (Å²) >= 11 is 6.34. The van der Waals surface area contributed by atoms with Crippen LogP contribution < -0.4 is 0 Å². The van der Waals surface area contributed by atoms with Crippen LogP contribution in [-0.4, -0.2) is 19.5 Å². The summed E-state index contributed by atoms with van der Waals surface area (Å²) in [6, 6.07) is 38.9. The Labute approximate surface area is 224 Å². The molecule has 180 valence electrons. The van der Waals surface area contributed by atoms with Crippen LogP contribution in [0, 0.1) is 0 Å². The standard InChI is InChI=1S/C33H21ClN4/c34-25-10-5-8-22(18-25)24-20-30(37-31(21-24)29-14-3-4-16-35-29)23-9-6-11-26(19-23)38-32-15-2-1-12-27(32)28-13-7-17-36-33(28)38/h1-21H. The molecule has 0 saturated carbocycles. The monoisotopic (exact) mass is 508 g/mol. The second-order valence-electron chi connectivity index (χ2n) is 9.13. The lowest BCUT2D eigenvalue weighted by Gasteiger charge is -2.12. The zero-order valence-corrected chi connectivity index (χ0v) is 21.0. The van der Waals surface area contributed by atoms with Crippen LogP contribution in [0.2, 0.25) is 5.02 Å². The van der Waals surface area contributed by atoms with Crippen molar-refractivity contribution in [3.8, 4) is 39.5 Å². The molecule has 0 saturated heterocycles. The summed E-state index contributed by atoms with van der Waals surface area (Å²) in [6.45, 7) is 0. The molecule has 0 aliphatic carbocycles. The van der Waals surface area contributed by atoms with Crippen LogP contribution in [0.4, 0.5) is 0 Å². The fraction of sp³-hybridized carbons (Fsp3) is 0. The summed E-state index contributed by atoms with van der Waals surface area (Å²) in [5, 5.41) is 3.01. The maximum Gasteiger partial charge on any atom is 0.145 e. The van der Waals surface area contributed by atoms with Crippen molar-refractivity contribution >= 4 is 33.5 Å². The van der Waals surface area contributed by atoms with Crippen LogP contribution in [0.3, 0.4) is 0 Å². The lowest BCUT2D eigenvalue weighted by Crippen LogP contribution is -1.97. The van der Waals surface area contributed by atoms with E-state index in [1.165, 1.54) is 5.39 Å². The van der Waals surface area contributed by atoms with Gasteiger partial charge in [0.15, 0.2) is 0 Å². The molecule has 38 heavy (non-hydrogen) atoms. The molecular weight excluding hydrogens is 488 g/mol. The normalized spacial score (nSPS) is 11.3. The van der Waals surface area contributed by atoms with Gasteiger partial charge in [0.05, 0.1) is 22.6 Å². The molecule has 4 aromatic heterocycles. The van der Waals surface area contributed by atoms with Gasteiger partial charge in [-0.05, 0) is 77.9 Å². The van der Waals surface area contributed by atoms with E-state index in [9.17, 15) is 0 Å². The van der Waals surface area contributed by atoms with Gasteiger partial charge >= 0.3 is 0 Å². The largest absolute Gasteiger partial charge is 0.294 e. The van der Waals surface area contributed by atoms with Gasteiger partial charge in [-0.25, -0.2) is 9.97 Å². The smallest absolute Gasteiger partial charge is 0.145 e. The Hall–Kier alpha value is -4.80. The fourth-order valence-corrected chi connectivity index (χ4v) is 5.21. The molecule has 0 unspecified atom stereocenters. The molecule has 3 aromatic carbocycles. The van der Waals surface area contributed by atoms with Crippen molar-refractivity contribution in [2.75, 3.05) is 0 Å². The van der Waals surface area contributed by atoms with Crippen LogP contribution in [-0.2, 0) is 0 Å². The number of aromatic nitrogens is 4. The molecule has 0 fully saturated rings. The maximum absolute atomic E-state index is 6.34. The quantitative estimate of drug-likeness (QED) is 0.239. The van der Waals surface area contributed by atoms with Crippen LogP contribution >= 0.6 is 11.6 Å². The summed E-state index contributed by atoms with van der Waals surface area (Å²) in [7, 11) is 0. The number of para-hydroxylation sites is 1. The van der Waals surface area contributed by atoms with Crippen LogP contribution in [0.25, 0.3) is 61.4 Å². The highest BCUT2D eigenvalue weighted by Gasteiger charge is 2.15. The molecule has 7 rings (SSSR count). The molecule has 0 atom stereocenters. The summed E-state index contributed by atoms with van der Waals surface area (Å²) in [5.41, 5.74) is 8.63. The maximum atomic E-state index is 6.34. The highest BCUT2D eigenvalue weighted by Crippen LogP contribution is 2.34. The number of hydrogen-bond acceptors (Lipinski definition) is 3. The Morgan fingerprint density at radius 3 is 2.21 bits per heavy atom. The van der Waals surface area contributed by atoms with Gasteiger partial charge in [0.25, 0.3) is 0 Å². The Morgan fingerprint density at radius 2 is 1.32 bits per heavy atom. The first kappa shape index (κ1) is 22.4. The molecule has 0 bridgehead atoms. The van der Waals surface area contributed by atoms with Gasteiger partial charge in [-0.15, -0.1) is 0 Å². The van der Waals surface area contributed by atoms with Crippen molar-refractivity contribution in [1.29, 1.82) is 0 Å². The molecule has 5 heteroatoms. The first-order valence-corrected chi connectivity index (χ1v) is 12.8. The summed E-state index contributed by atoms with van der Waals surface area (Å²) < 4.78 is 2.22. The first-order valence-electron chi connectivity index (χ1n) is 12.4. The number of rotatable bonds is 4. The molecule has 4 heterocycles. The van der Waals surface area contributed by atoms with Gasteiger partial charge < -0.3 is 0 Å². The minimum Gasteiger partial charge on any atom is -0.294 e. The average molecular weight is 509 g/mol. The Morgan fingerprint density at radius 1 is 0.526 bits per heavy atom. The van der Waals surface area contributed by atoms with Crippen molar-refractivity contribution in [2.45, 2.75) is 0 Å². The Bertz CT molecular complexity index is 1890. The number of hydrogen-bond donors (Lipinski definition) is 0. The van der Waals surface area contributed by atoms with Crippen molar-refractivity contribution < 1.29 is 0 Å². The van der Waals surface area contributed by atoms with Gasteiger partial charge in [0.1, 0.15) is 5.65 Å². The molecule has 4 nitrogen and oxygen atoms in total. The molecule has 0 N–H and O–H groups in total. The van der Waals surface area contributed by atoms with Gasteiger partial charge in [0.2, 0.25) is 0 Å². The van der Waals surface area contributed by atoms with E-state index in [4.69, 9.17) is 21.6 Å². The van der Waals surface area contributed by atoms with Crippen LogP contribution in [0.1, 0.15) is 0 Å². The van der Waals surface area contributed by atoms with E-state index in [2.05, 4.69) is 82.3 Å². The third-order valence-corrected chi connectivity index (χ3v) is 6.98. The highest BCUT2D eigenvalue weighted by molar-refractivity contribution is 6.30. The number of benzene rings is 3. The topological polar surface area (TPSA) is 43.6 Å². The molecule has 0 radical (unpaired) electrons. The molecule has 0 aliphatic rings. The van der Waals surface area contributed by atoms with E-state index in [1.807, 2.05) is 48.7 Å². The molecular formula is C33H21ClN4. The second-order valence-corrected chi connectivity index (χ2v) is 9.57. The highest BCUT2D eigenvalue weighted by atomic mass is 35.5. The van der Waals surface area contributed by atoms with E-state index in [1.54, 1.807) is 6.20 Å². The predicted molar refractivity (Wildman–Crippen MR) is 155 cm³/mol. The molecule has 0 aliphatic heterocycles. The van der Waals surface area contributed by atoms with Crippen molar-refractivity contribution in [3.63, 3.8) is 0 Å². The third-order valence-electron chi connectivity index (χ3n) is 6.74. The zero-order chi connectivity index (χ0) is 25.5. The lowest BCUT2D eigenvalue weighted by atomic mass is 10.0. The van der Waals surface area contributed by atoms with Crippen molar-refractivity contribution in [1.82, 2.24) is 19.5 Å². The summed E-state index contributed by atoms with van der Waals surface area (Å²) in [5.74, 6) is 0.